The second kappa shape index (κ2) is 6.59. The Hall–Kier alpha value is -0.780. The van der Waals surface area contributed by atoms with E-state index in [4.69, 9.17) is 17.3 Å². The SMILES string of the molecule is CC(N)Cc1ccc(Cl)cc1N(C)CCS(C)(=O)=O. The van der Waals surface area contributed by atoms with Crippen LogP contribution in [-0.4, -0.2) is 40.1 Å². The van der Waals surface area contributed by atoms with Gasteiger partial charge in [-0.3, -0.25) is 0 Å². The molecule has 0 aromatic heterocycles. The van der Waals surface area contributed by atoms with Crippen LogP contribution >= 0.6 is 11.6 Å². The molecule has 1 aromatic rings. The average Bonchev–Trinajstić information content (AvgIpc) is 2.27. The number of rotatable bonds is 6. The summed E-state index contributed by atoms with van der Waals surface area (Å²) in [7, 11) is -1.11. The number of nitrogens with two attached hydrogens (primary N) is 1. The van der Waals surface area contributed by atoms with E-state index >= 15 is 0 Å². The first kappa shape index (κ1) is 16.3. The van der Waals surface area contributed by atoms with Crippen molar-refractivity contribution >= 4 is 27.1 Å². The predicted molar refractivity (Wildman–Crippen MR) is 81.8 cm³/mol. The fraction of sp³-hybridized carbons (Fsp3) is 0.538. The summed E-state index contributed by atoms with van der Waals surface area (Å²) in [5.41, 5.74) is 7.84. The highest BCUT2D eigenvalue weighted by molar-refractivity contribution is 7.90. The van der Waals surface area contributed by atoms with Gasteiger partial charge in [0, 0.05) is 36.6 Å². The Morgan fingerprint density at radius 3 is 2.58 bits per heavy atom. The van der Waals surface area contributed by atoms with E-state index in [1.54, 1.807) is 0 Å². The first-order valence-corrected chi connectivity index (χ1v) is 8.56. The number of benzene rings is 1. The molecule has 1 aromatic carbocycles. The van der Waals surface area contributed by atoms with Crippen molar-refractivity contribution in [3.05, 3.63) is 28.8 Å². The van der Waals surface area contributed by atoms with E-state index in [0.29, 0.717) is 11.6 Å². The summed E-state index contributed by atoms with van der Waals surface area (Å²) in [5, 5.41) is 0.634. The van der Waals surface area contributed by atoms with Crippen LogP contribution in [0.3, 0.4) is 0 Å². The molecule has 0 heterocycles. The van der Waals surface area contributed by atoms with Crippen LogP contribution in [0.1, 0.15) is 12.5 Å². The Morgan fingerprint density at radius 1 is 1.42 bits per heavy atom. The highest BCUT2D eigenvalue weighted by Crippen LogP contribution is 2.25. The molecule has 19 heavy (non-hydrogen) atoms. The van der Waals surface area contributed by atoms with Crippen LogP contribution in [0.25, 0.3) is 0 Å². The van der Waals surface area contributed by atoms with Crippen molar-refractivity contribution in [2.24, 2.45) is 5.73 Å². The molecule has 0 radical (unpaired) electrons. The van der Waals surface area contributed by atoms with E-state index in [1.165, 1.54) is 6.26 Å². The highest BCUT2D eigenvalue weighted by Gasteiger charge is 2.12. The van der Waals surface area contributed by atoms with Crippen molar-refractivity contribution in [1.29, 1.82) is 0 Å². The Balaban J connectivity index is 2.93. The lowest BCUT2D eigenvalue weighted by molar-refractivity contribution is 0.601. The van der Waals surface area contributed by atoms with Gasteiger partial charge in [-0.1, -0.05) is 17.7 Å². The number of nitrogens with zero attached hydrogens (tertiary/aromatic N) is 1. The highest BCUT2D eigenvalue weighted by atomic mass is 35.5. The lowest BCUT2D eigenvalue weighted by atomic mass is 10.0. The second-order valence-electron chi connectivity index (χ2n) is 5.01. The second-order valence-corrected chi connectivity index (χ2v) is 7.70. The maximum Gasteiger partial charge on any atom is 0.149 e. The molecule has 1 rings (SSSR count). The standard InChI is InChI=1S/C13H21ClN2O2S/c1-10(15)8-11-4-5-12(14)9-13(11)16(2)6-7-19(3,17)18/h4-5,9-10H,6-8,15H2,1-3H3. The maximum atomic E-state index is 11.2. The van der Waals surface area contributed by atoms with Crippen LogP contribution in [0.4, 0.5) is 5.69 Å². The van der Waals surface area contributed by atoms with Crippen LogP contribution in [0.2, 0.25) is 5.02 Å². The molecule has 0 fully saturated rings. The number of anilines is 1. The van der Waals surface area contributed by atoms with Crippen LogP contribution in [0.5, 0.6) is 0 Å². The fourth-order valence-electron chi connectivity index (χ4n) is 1.84. The number of halogens is 1. The van der Waals surface area contributed by atoms with Crippen molar-refractivity contribution < 1.29 is 8.42 Å². The third kappa shape index (κ3) is 5.80. The first-order chi connectivity index (χ1) is 8.69. The zero-order valence-electron chi connectivity index (χ0n) is 11.6. The maximum absolute atomic E-state index is 11.2. The largest absolute Gasteiger partial charge is 0.373 e. The van der Waals surface area contributed by atoms with E-state index in [0.717, 1.165) is 17.7 Å². The van der Waals surface area contributed by atoms with Gasteiger partial charge < -0.3 is 10.6 Å². The van der Waals surface area contributed by atoms with Gasteiger partial charge in [0.15, 0.2) is 0 Å². The van der Waals surface area contributed by atoms with Crippen molar-refractivity contribution in [1.82, 2.24) is 0 Å². The number of hydrogen-bond acceptors (Lipinski definition) is 4. The van der Waals surface area contributed by atoms with Crippen molar-refractivity contribution in [2.75, 3.05) is 30.5 Å². The molecule has 0 amide bonds. The minimum absolute atomic E-state index is 0.0447. The molecule has 0 aliphatic heterocycles. The smallest absolute Gasteiger partial charge is 0.149 e. The van der Waals surface area contributed by atoms with Crippen LogP contribution in [0, 0.1) is 0 Å². The summed E-state index contributed by atoms with van der Waals surface area (Å²) < 4.78 is 22.4. The Labute approximate surface area is 120 Å². The monoisotopic (exact) mass is 304 g/mol. The molecule has 108 valence electrons. The summed E-state index contributed by atoms with van der Waals surface area (Å²) in [5.74, 6) is 0.119. The molecule has 0 aliphatic rings. The molecular formula is C13H21ClN2O2S. The van der Waals surface area contributed by atoms with Crippen molar-refractivity contribution in [2.45, 2.75) is 19.4 Å². The lowest BCUT2D eigenvalue weighted by Crippen LogP contribution is -2.27. The van der Waals surface area contributed by atoms with Crippen LogP contribution in [0.15, 0.2) is 18.2 Å². The summed E-state index contributed by atoms with van der Waals surface area (Å²) in [4.78, 5) is 1.91. The zero-order valence-corrected chi connectivity index (χ0v) is 13.1. The third-order valence-corrected chi connectivity index (χ3v) is 3.96. The molecule has 2 N–H and O–H groups in total. The fourth-order valence-corrected chi connectivity index (χ4v) is 2.61. The first-order valence-electron chi connectivity index (χ1n) is 6.12. The van der Waals surface area contributed by atoms with Gasteiger partial charge in [-0.2, -0.15) is 0 Å². The van der Waals surface area contributed by atoms with Gasteiger partial charge >= 0.3 is 0 Å². The molecule has 0 spiro atoms. The minimum atomic E-state index is -2.97. The summed E-state index contributed by atoms with van der Waals surface area (Å²) in [6.07, 6.45) is 1.97. The van der Waals surface area contributed by atoms with E-state index in [2.05, 4.69) is 0 Å². The van der Waals surface area contributed by atoms with Gasteiger partial charge in [0.25, 0.3) is 0 Å². The van der Waals surface area contributed by atoms with Gasteiger partial charge in [0.2, 0.25) is 0 Å². The zero-order chi connectivity index (χ0) is 14.6. The van der Waals surface area contributed by atoms with Crippen LogP contribution < -0.4 is 10.6 Å². The molecule has 0 aliphatic carbocycles. The van der Waals surface area contributed by atoms with Gasteiger partial charge in [0.1, 0.15) is 9.84 Å². The molecule has 1 atom stereocenters. The molecule has 1 unspecified atom stereocenters. The summed E-state index contributed by atoms with van der Waals surface area (Å²) >= 11 is 6.01. The third-order valence-electron chi connectivity index (χ3n) is 2.80. The Bertz CT molecular complexity index is 529. The summed E-state index contributed by atoms with van der Waals surface area (Å²) in [6.45, 7) is 2.38. The van der Waals surface area contributed by atoms with Gasteiger partial charge in [-0.05, 0) is 31.0 Å². The Kier molecular flexibility index (Phi) is 5.64. The Morgan fingerprint density at radius 2 is 2.05 bits per heavy atom. The summed E-state index contributed by atoms with van der Waals surface area (Å²) in [6, 6.07) is 5.66. The molecule has 0 bridgehead atoms. The molecule has 0 saturated carbocycles. The van der Waals surface area contributed by atoms with Crippen LogP contribution in [-0.2, 0) is 16.3 Å². The number of hydrogen-bond donors (Lipinski definition) is 1. The minimum Gasteiger partial charge on any atom is -0.373 e. The van der Waals surface area contributed by atoms with Gasteiger partial charge in [0.05, 0.1) is 5.75 Å². The number of sulfone groups is 1. The van der Waals surface area contributed by atoms with Crippen molar-refractivity contribution in [3.8, 4) is 0 Å². The molecular weight excluding hydrogens is 284 g/mol. The quantitative estimate of drug-likeness (QED) is 0.869. The topological polar surface area (TPSA) is 63.4 Å². The van der Waals surface area contributed by atoms with E-state index in [1.807, 2.05) is 37.1 Å². The lowest BCUT2D eigenvalue weighted by Gasteiger charge is -2.23. The average molecular weight is 305 g/mol. The normalized spacial score (nSPS) is 13.3. The molecule has 4 nitrogen and oxygen atoms in total. The van der Waals surface area contributed by atoms with Gasteiger partial charge in [-0.15, -0.1) is 0 Å². The van der Waals surface area contributed by atoms with E-state index < -0.39 is 9.84 Å². The molecule has 6 heteroatoms. The van der Waals surface area contributed by atoms with Gasteiger partial charge in [-0.25, -0.2) is 8.42 Å². The molecule has 0 saturated heterocycles. The van der Waals surface area contributed by atoms with Crippen molar-refractivity contribution in [3.63, 3.8) is 0 Å². The van der Waals surface area contributed by atoms with E-state index in [9.17, 15) is 8.42 Å². The predicted octanol–water partition coefficient (Wildman–Crippen LogP) is 1.71. The van der Waals surface area contributed by atoms with E-state index in [-0.39, 0.29) is 11.8 Å².